The molecule has 0 amide bonds. The number of aldehydes is 1. The summed E-state index contributed by atoms with van der Waals surface area (Å²) in [5.41, 5.74) is 2.13. The molecule has 0 radical (unpaired) electrons. The minimum Gasteiger partial charge on any atom is -0.396 e. The van der Waals surface area contributed by atoms with Crippen LogP contribution in [0.25, 0.3) is 0 Å². The van der Waals surface area contributed by atoms with Crippen molar-refractivity contribution in [3.63, 3.8) is 0 Å². The molecule has 0 saturated carbocycles. The van der Waals surface area contributed by atoms with Crippen molar-refractivity contribution in [3.05, 3.63) is 35.4 Å². The van der Waals surface area contributed by atoms with E-state index in [2.05, 4.69) is 0 Å². The molecule has 13 heavy (non-hydrogen) atoms. The summed E-state index contributed by atoms with van der Waals surface area (Å²) in [7, 11) is 0. The van der Waals surface area contributed by atoms with Crippen molar-refractivity contribution in [2.75, 3.05) is 6.61 Å². The average Bonchev–Trinajstić information content (AvgIpc) is 2.18. The third kappa shape index (κ3) is 2.67. The van der Waals surface area contributed by atoms with E-state index in [9.17, 15) is 4.79 Å². The molecular weight excluding hydrogens is 164 g/mol. The first-order valence-electron chi connectivity index (χ1n) is 4.41. The van der Waals surface area contributed by atoms with E-state index in [1.54, 1.807) is 0 Å². The number of carbonyl (C=O) groups is 1. The number of hydrogen-bond acceptors (Lipinski definition) is 2. The van der Waals surface area contributed by atoms with E-state index in [-0.39, 0.29) is 12.5 Å². The maximum absolute atomic E-state index is 10.2. The van der Waals surface area contributed by atoms with E-state index >= 15 is 0 Å². The maximum Gasteiger partial charge on any atom is 0.124 e. The molecule has 1 unspecified atom stereocenters. The van der Waals surface area contributed by atoms with Gasteiger partial charge in [-0.25, -0.2) is 0 Å². The highest BCUT2D eigenvalue weighted by atomic mass is 16.3. The second kappa shape index (κ2) is 4.77. The Bertz CT molecular complexity index is 264. The summed E-state index contributed by atoms with van der Waals surface area (Å²) < 4.78 is 0. The van der Waals surface area contributed by atoms with Gasteiger partial charge in [0.15, 0.2) is 0 Å². The van der Waals surface area contributed by atoms with Gasteiger partial charge in [0.2, 0.25) is 0 Å². The van der Waals surface area contributed by atoms with Crippen molar-refractivity contribution in [3.8, 4) is 0 Å². The lowest BCUT2D eigenvalue weighted by Gasteiger charge is -2.07. The minimum absolute atomic E-state index is 0.160. The van der Waals surface area contributed by atoms with E-state index in [4.69, 9.17) is 5.11 Å². The molecule has 0 aromatic heterocycles. The van der Waals surface area contributed by atoms with Gasteiger partial charge in [-0.05, 0) is 11.1 Å². The molecule has 2 heteroatoms. The minimum atomic E-state index is 0.160. The van der Waals surface area contributed by atoms with Gasteiger partial charge in [0.25, 0.3) is 0 Å². The van der Waals surface area contributed by atoms with Gasteiger partial charge in [0, 0.05) is 18.9 Å². The van der Waals surface area contributed by atoms with Gasteiger partial charge in [-0.1, -0.05) is 31.2 Å². The molecule has 1 atom stereocenters. The standard InChI is InChI=1S/C11H14O2/c1-9(8-13)11-4-2-10(3-5-11)6-7-12/h2-5,7,9,13H,6,8H2,1H3. The highest BCUT2D eigenvalue weighted by Crippen LogP contribution is 2.14. The van der Waals surface area contributed by atoms with Crippen molar-refractivity contribution >= 4 is 6.29 Å². The fourth-order valence-electron chi connectivity index (χ4n) is 1.18. The van der Waals surface area contributed by atoms with Crippen LogP contribution in [-0.2, 0) is 11.2 Å². The summed E-state index contributed by atoms with van der Waals surface area (Å²) in [4.78, 5) is 10.2. The average molecular weight is 178 g/mol. The molecular formula is C11H14O2. The summed E-state index contributed by atoms with van der Waals surface area (Å²) in [6.07, 6.45) is 1.36. The molecule has 2 nitrogen and oxygen atoms in total. The number of benzene rings is 1. The molecule has 0 bridgehead atoms. The van der Waals surface area contributed by atoms with Crippen LogP contribution >= 0.6 is 0 Å². The second-order valence-corrected chi connectivity index (χ2v) is 3.20. The lowest BCUT2D eigenvalue weighted by molar-refractivity contribution is -0.107. The molecule has 0 heterocycles. The van der Waals surface area contributed by atoms with Crippen molar-refractivity contribution < 1.29 is 9.90 Å². The molecule has 0 saturated heterocycles. The van der Waals surface area contributed by atoms with Crippen molar-refractivity contribution in [2.24, 2.45) is 0 Å². The molecule has 1 rings (SSSR count). The molecule has 0 aliphatic heterocycles. The predicted molar refractivity (Wildman–Crippen MR) is 51.7 cm³/mol. The molecule has 1 N–H and O–H groups in total. The molecule has 0 aliphatic rings. The van der Waals surface area contributed by atoms with Crippen LogP contribution in [0.4, 0.5) is 0 Å². The number of hydrogen-bond donors (Lipinski definition) is 1. The first kappa shape index (κ1) is 9.93. The quantitative estimate of drug-likeness (QED) is 0.710. The van der Waals surface area contributed by atoms with Crippen LogP contribution in [0.3, 0.4) is 0 Å². The summed E-state index contributed by atoms with van der Waals surface area (Å²) in [5.74, 6) is 0.172. The van der Waals surface area contributed by atoms with E-state index in [1.807, 2.05) is 31.2 Å². The van der Waals surface area contributed by atoms with Gasteiger partial charge in [-0.2, -0.15) is 0 Å². The Balaban J connectivity index is 2.74. The monoisotopic (exact) mass is 178 g/mol. The van der Waals surface area contributed by atoms with E-state index in [1.165, 1.54) is 0 Å². The van der Waals surface area contributed by atoms with Crippen LogP contribution in [0.1, 0.15) is 24.0 Å². The van der Waals surface area contributed by atoms with Crippen LogP contribution in [-0.4, -0.2) is 18.0 Å². The van der Waals surface area contributed by atoms with E-state index in [0.29, 0.717) is 6.42 Å². The SMILES string of the molecule is CC(CO)c1ccc(CC=O)cc1. The Morgan fingerprint density at radius 1 is 1.38 bits per heavy atom. The van der Waals surface area contributed by atoms with E-state index < -0.39 is 0 Å². The van der Waals surface area contributed by atoms with Crippen molar-refractivity contribution in [1.82, 2.24) is 0 Å². The summed E-state index contributed by atoms with van der Waals surface area (Å²) in [6.45, 7) is 2.13. The lowest BCUT2D eigenvalue weighted by atomic mass is 10.0. The molecule has 0 fully saturated rings. The third-order valence-corrected chi connectivity index (χ3v) is 2.14. The number of aliphatic hydroxyl groups excluding tert-OH is 1. The number of rotatable bonds is 4. The maximum atomic E-state index is 10.2. The zero-order valence-electron chi connectivity index (χ0n) is 7.73. The van der Waals surface area contributed by atoms with Gasteiger partial charge < -0.3 is 9.90 Å². The zero-order chi connectivity index (χ0) is 9.68. The van der Waals surface area contributed by atoms with Gasteiger partial charge in [-0.3, -0.25) is 0 Å². The fraction of sp³-hybridized carbons (Fsp3) is 0.364. The van der Waals surface area contributed by atoms with Gasteiger partial charge in [-0.15, -0.1) is 0 Å². The Kier molecular flexibility index (Phi) is 3.65. The molecule has 1 aromatic rings. The first-order valence-corrected chi connectivity index (χ1v) is 4.41. The van der Waals surface area contributed by atoms with Crippen molar-refractivity contribution in [1.29, 1.82) is 0 Å². The predicted octanol–water partition coefficient (Wildman–Crippen LogP) is 1.52. The van der Waals surface area contributed by atoms with Gasteiger partial charge in [0.05, 0.1) is 0 Å². The number of aliphatic hydroxyl groups is 1. The highest BCUT2D eigenvalue weighted by Gasteiger charge is 2.02. The molecule has 0 spiro atoms. The van der Waals surface area contributed by atoms with Crippen LogP contribution < -0.4 is 0 Å². The van der Waals surface area contributed by atoms with Crippen LogP contribution in [0.2, 0.25) is 0 Å². The van der Waals surface area contributed by atoms with Gasteiger partial charge >= 0.3 is 0 Å². The lowest BCUT2D eigenvalue weighted by Crippen LogP contribution is -1.98. The topological polar surface area (TPSA) is 37.3 Å². The zero-order valence-corrected chi connectivity index (χ0v) is 7.73. The number of carbonyl (C=O) groups excluding carboxylic acids is 1. The summed E-state index contributed by atoms with van der Waals surface area (Å²) in [5, 5.41) is 8.90. The summed E-state index contributed by atoms with van der Waals surface area (Å²) >= 11 is 0. The third-order valence-electron chi connectivity index (χ3n) is 2.14. The van der Waals surface area contributed by atoms with Crippen molar-refractivity contribution in [2.45, 2.75) is 19.3 Å². The van der Waals surface area contributed by atoms with Crippen LogP contribution in [0, 0.1) is 0 Å². The molecule has 1 aromatic carbocycles. The Morgan fingerprint density at radius 2 is 2.00 bits per heavy atom. The van der Waals surface area contributed by atoms with Gasteiger partial charge in [0.1, 0.15) is 6.29 Å². The second-order valence-electron chi connectivity index (χ2n) is 3.20. The molecule has 0 aliphatic carbocycles. The highest BCUT2D eigenvalue weighted by molar-refractivity contribution is 5.54. The Labute approximate surface area is 78.2 Å². The normalized spacial score (nSPS) is 12.5. The smallest absolute Gasteiger partial charge is 0.124 e. The Hall–Kier alpha value is -1.15. The fourth-order valence-corrected chi connectivity index (χ4v) is 1.18. The van der Waals surface area contributed by atoms with Crippen LogP contribution in [0.5, 0.6) is 0 Å². The first-order chi connectivity index (χ1) is 6.27. The Morgan fingerprint density at radius 3 is 2.46 bits per heavy atom. The largest absolute Gasteiger partial charge is 0.396 e. The van der Waals surface area contributed by atoms with E-state index in [0.717, 1.165) is 17.4 Å². The summed E-state index contributed by atoms with van der Waals surface area (Å²) in [6, 6.07) is 7.77. The molecule has 70 valence electrons. The van der Waals surface area contributed by atoms with Crippen LogP contribution in [0.15, 0.2) is 24.3 Å².